The van der Waals surface area contributed by atoms with Gasteiger partial charge in [-0.25, -0.2) is 18.1 Å². The number of hydrogen-bond acceptors (Lipinski definition) is 2. The Kier molecular flexibility index (Phi) is 4.63. The van der Waals surface area contributed by atoms with Gasteiger partial charge in [-0.3, -0.25) is 9.78 Å². The van der Waals surface area contributed by atoms with Crippen LogP contribution in [0, 0.1) is 11.6 Å². The molecular weight excluding hydrogens is 370 g/mol. The van der Waals surface area contributed by atoms with E-state index in [1.54, 1.807) is 0 Å². The van der Waals surface area contributed by atoms with E-state index >= 15 is 0 Å². The molecular formula is C13H10BrClF2N2O2. The molecule has 0 saturated heterocycles. The Balaban J connectivity index is 2.86. The van der Waals surface area contributed by atoms with Gasteiger partial charge in [0.05, 0.1) is 5.56 Å². The zero-order chi connectivity index (χ0) is 15.7. The minimum absolute atomic E-state index is 0.0441. The Labute approximate surface area is 131 Å². The van der Waals surface area contributed by atoms with E-state index in [-0.39, 0.29) is 20.9 Å². The van der Waals surface area contributed by atoms with Crippen molar-refractivity contribution in [2.75, 3.05) is 0 Å². The lowest BCUT2D eigenvalue weighted by Crippen LogP contribution is -2.37. The topological polar surface area (TPSA) is 54.9 Å². The van der Waals surface area contributed by atoms with Crippen LogP contribution in [0.25, 0.3) is 5.69 Å². The SMILES string of the molecule is CCCc1c(Cl)[nH]c(=O)n(-c2c(F)cc(F)cc2Br)c1=O. The van der Waals surface area contributed by atoms with E-state index in [1.807, 2.05) is 6.92 Å². The van der Waals surface area contributed by atoms with Crippen molar-refractivity contribution < 1.29 is 8.78 Å². The second-order valence-corrected chi connectivity index (χ2v) is 5.56. The van der Waals surface area contributed by atoms with Gasteiger partial charge >= 0.3 is 5.69 Å². The Morgan fingerprint density at radius 3 is 2.57 bits per heavy atom. The maximum Gasteiger partial charge on any atom is 0.334 e. The van der Waals surface area contributed by atoms with Crippen LogP contribution in [0.4, 0.5) is 8.78 Å². The van der Waals surface area contributed by atoms with Crippen LogP contribution in [0.3, 0.4) is 0 Å². The van der Waals surface area contributed by atoms with Crippen molar-refractivity contribution in [1.82, 2.24) is 9.55 Å². The summed E-state index contributed by atoms with van der Waals surface area (Å²) in [6.07, 6.45) is 0.947. The molecule has 0 radical (unpaired) electrons. The van der Waals surface area contributed by atoms with Gasteiger partial charge in [-0.15, -0.1) is 0 Å². The summed E-state index contributed by atoms with van der Waals surface area (Å²) in [5, 5.41) is -0.0678. The first-order chi connectivity index (χ1) is 9.86. The molecule has 2 rings (SSSR count). The summed E-state index contributed by atoms with van der Waals surface area (Å²) in [4.78, 5) is 26.6. The molecule has 8 heteroatoms. The number of halogens is 4. The molecule has 0 unspecified atom stereocenters. The van der Waals surface area contributed by atoms with Crippen LogP contribution in [-0.2, 0) is 6.42 Å². The van der Waals surface area contributed by atoms with Crippen LogP contribution in [0.5, 0.6) is 0 Å². The fourth-order valence-corrected chi connectivity index (χ4v) is 2.81. The van der Waals surface area contributed by atoms with Crippen LogP contribution in [-0.4, -0.2) is 9.55 Å². The Bertz CT molecular complexity index is 794. The molecule has 0 aliphatic carbocycles. The second kappa shape index (κ2) is 6.11. The van der Waals surface area contributed by atoms with Gasteiger partial charge in [0, 0.05) is 10.5 Å². The molecule has 0 spiro atoms. The molecule has 1 aromatic heterocycles. The lowest BCUT2D eigenvalue weighted by atomic mass is 10.2. The maximum absolute atomic E-state index is 14.0. The Morgan fingerprint density at radius 1 is 1.33 bits per heavy atom. The average Bonchev–Trinajstić information content (AvgIpc) is 2.37. The number of H-pyrrole nitrogens is 1. The number of nitrogens with one attached hydrogen (secondary N) is 1. The van der Waals surface area contributed by atoms with Crippen molar-refractivity contribution >= 4 is 27.5 Å². The number of aromatic amines is 1. The Hall–Kier alpha value is -1.47. The molecule has 0 amide bonds. The molecule has 21 heavy (non-hydrogen) atoms. The highest BCUT2D eigenvalue weighted by molar-refractivity contribution is 9.10. The van der Waals surface area contributed by atoms with Crippen LogP contribution in [0.2, 0.25) is 5.15 Å². The predicted octanol–water partition coefficient (Wildman–Crippen LogP) is 3.17. The monoisotopic (exact) mass is 378 g/mol. The first-order valence-corrected chi connectivity index (χ1v) is 7.22. The third kappa shape index (κ3) is 2.94. The second-order valence-electron chi connectivity index (χ2n) is 4.33. The number of rotatable bonds is 3. The van der Waals surface area contributed by atoms with Crippen molar-refractivity contribution in [1.29, 1.82) is 0 Å². The van der Waals surface area contributed by atoms with Crippen molar-refractivity contribution in [2.45, 2.75) is 19.8 Å². The lowest BCUT2D eigenvalue weighted by molar-refractivity contribution is 0.572. The van der Waals surface area contributed by atoms with Crippen molar-refractivity contribution in [3.8, 4) is 5.69 Å². The standard InChI is InChI=1S/C13H10BrClF2N2O2/c1-2-3-7-11(15)18-13(21)19(12(7)20)10-8(14)4-6(16)5-9(10)17/h4-5H,2-3H2,1H3,(H,18,21). The highest BCUT2D eigenvalue weighted by Crippen LogP contribution is 2.24. The molecule has 0 saturated carbocycles. The molecule has 4 nitrogen and oxygen atoms in total. The maximum atomic E-state index is 14.0. The van der Waals surface area contributed by atoms with Gasteiger partial charge in [-0.1, -0.05) is 24.9 Å². The van der Waals surface area contributed by atoms with Gasteiger partial charge in [-0.2, -0.15) is 0 Å². The van der Waals surface area contributed by atoms with E-state index in [0.29, 0.717) is 23.5 Å². The zero-order valence-electron chi connectivity index (χ0n) is 10.8. The molecule has 0 aliphatic heterocycles. The summed E-state index contributed by atoms with van der Waals surface area (Å²) in [6.45, 7) is 1.83. The summed E-state index contributed by atoms with van der Waals surface area (Å²) in [6, 6.07) is 1.57. The van der Waals surface area contributed by atoms with Crippen molar-refractivity contribution in [3.05, 3.63) is 59.8 Å². The first kappa shape index (κ1) is 15.9. The number of aromatic nitrogens is 2. The van der Waals surface area contributed by atoms with Gasteiger partial charge in [-0.05, 0) is 28.4 Å². The summed E-state index contributed by atoms with van der Waals surface area (Å²) in [5.74, 6) is -1.85. The van der Waals surface area contributed by atoms with E-state index in [0.717, 1.165) is 6.07 Å². The lowest BCUT2D eigenvalue weighted by Gasteiger charge is -2.11. The fourth-order valence-electron chi connectivity index (χ4n) is 1.96. The molecule has 1 aromatic carbocycles. The number of hydrogen-bond donors (Lipinski definition) is 1. The van der Waals surface area contributed by atoms with E-state index in [9.17, 15) is 18.4 Å². The van der Waals surface area contributed by atoms with Gasteiger partial charge < -0.3 is 0 Å². The average molecular weight is 380 g/mol. The molecule has 1 N–H and O–H groups in total. The van der Waals surface area contributed by atoms with Gasteiger partial charge in [0.15, 0.2) is 5.82 Å². The highest BCUT2D eigenvalue weighted by Gasteiger charge is 2.19. The first-order valence-electron chi connectivity index (χ1n) is 6.05. The van der Waals surface area contributed by atoms with Gasteiger partial charge in [0.2, 0.25) is 0 Å². The van der Waals surface area contributed by atoms with Crippen molar-refractivity contribution in [2.24, 2.45) is 0 Å². The summed E-state index contributed by atoms with van der Waals surface area (Å²) in [7, 11) is 0. The van der Waals surface area contributed by atoms with Gasteiger partial charge in [0.25, 0.3) is 5.56 Å². The number of nitrogens with zero attached hydrogens (tertiary/aromatic N) is 1. The predicted molar refractivity (Wildman–Crippen MR) is 79.3 cm³/mol. The molecule has 0 aliphatic rings. The molecule has 0 bridgehead atoms. The summed E-state index contributed by atoms with van der Waals surface area (Å²) >= 11 is 8.80. The fraction of sp³-hybridized carbons (Fsp3) is 0.231. The van der Waals surface area contributed by atoms with E-state index in [1.165, 1.54) is 0 Å². The quantitative estimate of drug-likeness (QED) is 0.833. The minimum atomic E-state index is -1.03. The zero-order valence-corrected chi connectivity index (χ0v) is 13.2. The molecule has 0 fully saturated rings. The van der Waals surface area contributed by atoms with Gasteiger partial charge in [0.1, 0.15) is 16.7 Å². The third-order valence-corrected chi connectivity index (χ3v) is 3.78. The van der Waals surface area contributed by atoms with Crippen LogP contribution >= 0.6 is 27.5 Å². The normalized spacial score (nSPS) is 10.9. The van der Waals surface area contributed by atoms with Crippen LogP contribution in [0.15, 0.2) is 26.2 Å². The Morgan fingerprint density at radius 2 is 2.00 bits per heavy atom. The summed E-state index contributed by atoms with van der Waals surface area (Å²) < 4.78 is 27.6. The van der Waals surface area contributed by atoms with E-state index in [4.69, 9.17) is 11.6 Å². The highest BCUT2D eigenvalue weighted by atomic mass is 79.9. The molecule has 0 atom stereocenters. The van der Waals surface area contributed by atoms with Crippen molar-refractivity contribution in [3.63, 3.8) is 0 Å². The van der Waals surface area contributed by atoms with Crippen LogP contribution in [0.1, 0.15) is 18.9 Å². The third-order valence-electron chi connectivity index (χ3n) is 2.85. The largest absolute Gasteiger partial charge is 0.334 e. The minimum Gasteiger partial charge on any atom is -0.297 e. The molecule has 112 valence electrons. The summed E-state index contributed by atoms with van der Waals surface area (Å²) in [5.41, 5.74) is -1.79. The van der Waals surface area contributed by atoms with E-state index < -0.39 is 22.9 Å². The smallest absolute Gasteiger partial charge is 0.297 e. The van der Waals surface area contributed by atoms with Crippen LogP contribution < -0.4 is 11.2 Å². The number of benzene rings is 1. The molecule has 2 aromatic rings. The molecule has 1 heterocycles. The van der Waals surface area contributed by atoms with E-state index in [2.05, 4.69) is 20.9 Å².